The van der Waals surface area contributed by atoms with Gasteiger partial charge in [-0.05, 0) is 48.4 Å². The third-order valence-electron chi connectivity index (χ3n) is 5.05. The van der Waals surface area contributed by atoms with Crippen molar-refractivity contribution in [3.05, 3.63) is 60.7 Å². The molecule has 1 N–H and O–H groups in total. The van der Waals surface area contributed by atoms with Gasteiger partial charge in [0, 0.05) is 18.7 Å². The van der Waals surface area contributed by atoms with E-state index in [2.05, 4.69) is 22.1 Å². The third-order valence-corrected chi connectivity index (χ3v) is 6.02. The van der Waals surface area contributed by atoms with Crippen LogP contribution in [0, 0.1) is 0 Å². The predicted molar refractivity (Wildman–Crippen MR) is 127 cm³/mol. The molecule has 4 rings (SSSR count). The summed E-state index contributed by atoms with van der Waals surface area (Å²) in [4.78, 5) is 12.4. The molecular weight excluding hydrogens is 440 g/mol. The van der Waals surface area contributed by atoms with E-state index >= 15 is 0 Å². The molecule has 2 heterocycles. The highest BCUT2D eigenvalue weighted by atomic mass is 32.2. The fourth-order valence-corrected chi connectivity index (χ4v) is 4.19. The largest absolute Gasteiger partial charge is 0.497 e. The Kier molecular flexibility index (Phi) is 7.51. The van der Waals surface area contributed by atoms with Gasteiger partial charge in [0.1, 0.15) is 19.0 Å². The van der Waals surface area contributed by atoms with Gasteiger partial charge in [0.25, 0.3) is 0 Å². The first-order valence-electron chi connectivity index (χ1n) is 10.6. The third kappa shape index (κ3) is 5.67. The number of allylic oxidation sites excluding steroid dienone is 1. The topological polar surface area (TPSA) is 87.5 Å². The van der Waals surface area contributed by atoms with Crippen LogP contribution in [0.25, 0.3) is 11.4 Å². The van der Waals surface area contributed by atoms with Crippen molar-refractivity contribution in [2.75, 3.05) is 32.6 Å². The quantitative estimate of drug-likeness (QED) is 0.362. The lowest BCUT2D eigenvalue weighted by atomic mass is 10.1. The van der Waals surface area contributed by atoms with Gasteiger partial charge in [0.05, 0.1) is 12.9 Å². The fraction of sp³-hybridized carbons (Fsp3) is 0.292. The van der Waals surface area contributed by atoms with Gasteiger partial charge in [-0.2, -0.15) is 0 Å². The zero-order chi connectivity index (χ0) is 23.0. The number of ether oxygens (including phenoxy) is 3. The van der Waals surface area contributed by atoms with Crippen LogP contribution in [0.5, 0.6) is 17.2 Å². The molecule has 0 fully saturated rings. The first kappa shape index (κ1) is 22.7. The molecule has 8 nitrogen and oxygen atoms in total. The number of rotatable bonds is 10. The van der Waals surface area contributed by atoms with Crippen LogP contribution in [0.15, 0.2) is 60.3 Å². The molecule has 9 heteroatoms. The highest BCUT2D eigenvalue weighted by Gasteiger charge is 2.15. The molecule has 1 aliphatic rings. The number of nitrogens with one attached hydrogen (secondary N) is 1. The minimum Gasteiger partial charge on any atom is -0.497 e. The van der Waals surface area contributed by atoms with E-state index in [1.165, 1.54) is 11.8 Å². The lowest BCUT2D eigenvalue weighted by Gasteiger charge is -2.18. The summed E-state index contributed by atoms with van der Waals surface area (Å²) in [6, 6.07) is 13.5. The lowest BCUT2D eigenvalue weighted by molar-refractivity contribution is -0.118. The Bertz CT molecular complexity index is 1110. The summed E-state index contributed by atoms with van der Waals surface area (Å²) in [5.74, 6) is 3.21. The number of aromatic nitrogens is 3. The number of carbonyl (C=O) groups is 1. The Morgan fingerprint density at radius 2 is 1.97 bits per heavy atom. The smallest absolute Gasteiger partial charge is 0.230 e. The molecule has 1 aliphatic heterocycles. The molecule has 0 atom stereocenters. The number of fused-ring (bicyclic) bond motifs is 1. The Hall–Kier alpha value is -3.46. The maximum Gasteiger partial charge on any atom is 0.230 e. The summed E-state index contributed by atoms with van der Waals surface area (Å²) in [5, 5.41) is 12.2. The molecule has 0 unspecified atom stereocenters. The van der Waals surface area contributed by atoms with E-state index < -0.39 is 0 Å². The monoisotopic (exact) mass is 466 g/mol. The van der Waals surface area contributed by atoms with Crippen LogP contribution in [-0.4, -0.2) is 53.3 Å². The SMILES string of the molecule is C=CCn1c(SCC(=O)NCCc2ccc3c(c2)OCCO3)nnc1-c1ccc(OC)cc1. The van der Waals surface area contributed by atoms with E-state index in [1.54, 1.807) is 13.2 Å². The van der Waals surface area contributed by atoms with E-state index in [4.69, 9.17) is 14.2 Å². The molecule has 0 aliphatic carbocycles. The van der Waals surface area contributed by atoms with Gasteiger partial charge in [-0.3, -0.25) is 9.36 Å². The second-order valence-electron chi connectivity index (χ2n) is 7.30. The maximum atomic E-state index is 12.4. The first-order chi connectivity index (χ1) is 16.2. The molecule has 33 heavy (non-hydrogen) atoms. The maximum absolute atomic E-state index is 12.4. The Labute approximate surface area is 197 Å². The van der Waals surface area contributed by atoms with Gasteiger partial charge in [-0.25, -0.2) is 0 Å². The number of hydrogen-bond donors (Lipinski definition) is 1. The second-order valence-corrected chi connectivity index (χ2v) is 8.24. The van der Waals surface area contributed by atoms with Crippen LogP contribution in [0.3, 0.4) is 0 Å². The molecule has 2 aromatic carbocycles. The van der Waals surface area contributed by atoms with E-state index in [0.717, 1.165) is 34.2 Å². The van der Waals surface area contributed by atoms with E-state index in [9.17, 15) is 4.79 Å². The standard InChI is InChI=1S/C24H26N4O4S/c1-3-12-28-23(18-5-7-19(30-2)8-6-18)26-27-24(28)33-16-22(29)25-11-10-17-4-9-20-21(15-17)32-14-13-31-20/h3-9,15H,1,10-14,16H2,2H3,(H,25,29). The van der Waals surface area contributed by atoms with Crippen LogP contribution in [0.1, 0.15) is 5.56 Å². The molecule has 3 aromatic rings. The molecule has 172 valence electrons. The summed E-state index contributed by atoms with van der Waals surface area (Å²) in [7, 11) is 1.63. The predicted octanol–water partition coefficient (Wildman–Crippen LogP) is 3.36. The van der Waals surface area contributed by atoms with Crippen LogP contribution < -0.4 is 19.5 Å². The van der Waals surface area contributed by atoms with Crippen LogP contribution in [-0.2, 0) is 17.8 Å². The molecular formula is C24H26N4O4S. The van der Waals surface area contributed by atoms with E-state index in [-0.39, 0.29) is 11.7 Å². The van der Waals surface area contributed by atoms with Crippen molar-refractivity contribution >= 4 is 17.7 Å². The lowest BCUT2D eigenvalue weighted by Crippen LogP contribution is -2.27. The average Bonchev–Trinajstić information content (AvgIpc) is 3.25. The summed E-state index contributed by atoms with van der Waals surface area (Å²) >= 11 is 1.35. The number of carbonyl (C=O) groups excluding carboxylic acids is 1. The molecule has 0 spiro atoms. The summed E-state index contributed by atoms with van der Waals surface area (Å²) in [5.41, 5.74) is 2.00. The fourth-order valence-electron chi connectivity index (χ4n) is 3.41. The Balaban J connectivity index is 1.31. The van der Waals surface area contributed by atoms with Crippen molar-refractivity contribution in [3.8, 4) is 28.6 Å². The minimum atomic E-state index is -0.0586. The summed E-state index contributed by atoms with van der Waals surface area (Å²) in [6.45, 7) is 6.04. The molecule has 0 radical (unpaired) electrons. The average molecular weight is 467 g/mol. The molecule has 1 aromatic heterocycles. The van der Waals surface area contributed by atoms with Crippen molar-refractivity contribution in [2.24, 2.45) is 0 Å². The van der Waals surface area contributed by atoms with Crippen LogP contribution in [0.2, 0.25) is 0 Å². The molecule has 0 saturated heterocycles. The number of methoxy groups -OCH3 is 1. The number of benzene rings is 2. The van der Waals surface area contributed by atoms with E-state index in [0.29, 0.717) is 37.9 Å². The van der Waals surface area contributed by atoms with Crippen LogP contribution in [0.4, 0.5) is 0 Å². The van der Waals surface area contributed by atoms with Crippen molar-refractivity contribution in [3.63, 3.8) is 0 Å². The number of nitrogens with zero attached hydrogens (tertiary/aromatic N) is 3. The van der Waals surface area contributed by atoms with Crippen molar-refractivity contribution in [2.45, 2.75) is 18.1 Å². The summed E-state index contributed by atoms with van der Waals surface area (Å²) in [6.07, 6.45) is 2.50. The van der Waals surface area contributed by atoms with Gasteiger partial charge in [-0.1, -0.05) is 23.9 Å². The van der Waals surface area contributed by atoms with Gasteiger partial charge < -0.3 is 19.5 Å². The Morgan fingerprint density at radius 1 is 1.18 bits per heavy atom. The highest BCUT2D eigenvalue weighted by molar-refractivity contribution is 7.99. The van der Waals surface area contributed by atoms with Gasteiger partial charge in [-0.15, -0.1) is 16.8 Å². The van der Waals surface area contributed by atoms with Crippen molar-refractivity contribution in [1.82, 2.24) is 20.1 Å². The number of amides is 1. The molecule has 0 bridgehead atoms. The Morgan fingerprint density at radius 3 is 2.73 bits per heavy atom. The van der Waals surface area contributed by atoms with Crippen molar-refractivity contribution < 1.29 is 19.0 Å². The van der Waals surface area contributed by atoms with Gasteiger partial charge in [0.2, 0.25) is 5.91 Å². The van der Waals surface area contributed by atoms with Gasteiger partial charge >= 0.3 is 0 Å². The first-order valence-corrected chi connectivity index (χ1v) is 11.6. The van der Waals surface area contributed by atoms with Crippen molar-refractivity contribution in [1.29, 1.82) is 0 Å². The minimum absolute atomic E-state index is 0.0586. The van der Waals surface area contributed by atoms with Gasteiger partial charge in [0.15, 0.2) is 22.5 Å². The summed E-state index contributed by atoms with van der Waals surface area (Å²) < 4.78 is 18.3. The molecule has 1 amide bonds. The van der Waals surface area contributed by atoms with Crippen LogP contribution >= 0.6 is 11.8 Å². The number of hydrogen-bond acceptors (Lipinski definition) is 7. The zero-order valence-corrected chi connectivity index (χ0v) is 19.3. The highest BCUT2D eigenvalue weighted by Crippen LogP contribution is 2.31. The van der Waals surface area contributed by atoms with E-state index in [1.807, 2.05) is 47.0 Å². The molecule has 0 saturated carbocycles. The number of thioether (sulfide) groups is 1. The second kappa shape index (κ2) is 10.9. The normalized spacial score (nSPS) is 12.3. The zero-order valence-electron chi connectivity index (χ0n) is 18.5.